The Balaban J connectivity index is 1.55. The fourth-order valence-electron chi connectivity index (χ4n) is 2.69. The minimum atomic E-state index is 0.837. The first-order valence-electron chi connectivity index (χ1n) is 7.55. The highest BCUT2D eigenvalue weighted by molar-refractivity contribution is 9.10. The van der Waals surface area contributed by atoms with Crippen LogP contribution < -0.4 is 5.32 Å². The van der Waals surface area contributed by atoms with Gasteiger partial charge in [0.15, 0.2) is 0 Å². The van der Waals surface area contributed by atoms with Crippen LogP contribution in [-0.4, -0.2) is 5.25 Å². The van der Waals surface area contributed by atoms with Crippen LogP contribution in [0.5, 0.6) is 0 Å². The molecule has 1 saturated carbocycles. The number of rotatable bonds is 5. The number of hydrogen-bond acceptors (Lipinski definition) is 2. The second-order valence-corrected chi connectivity index (χ2v) is 7.72. The first-order valence-corrected chi connectivity index (χ1v) is 9.22. The van der Waals surface area contributed by atoms with E-state index in [0.29, 0.717) is 0 Å². The molecule has 110 valence electrons. The SMILES string of the molecule is Brc1ccccc1CNc1ccc(SC2CCCC2)cc1. The van der Waals surface area contributed by atoms with E-state index >= 15 is 0 Å². The van der Waals surface area contributed by atoms with Gasteiger partial charge in [0.2, 0.25) is 0 Å². The van der Waals surface area contributed by atoms with Gasteiger partial charge in [-0.15, -0.1) is 11.8 Å². The Bertz CT molecular complexity index is 576. The molecule has 0 saturated heterocycles. The molecule has 0 radical (unpaired) electrons. The summed E-state index contributed by atoms with van der Waals surface area (Å²) < 4.78 is 1.16. The summed E-state index contributed by atoms with van der Waals surface area (Å²) in [4.78, 5) is 1.40. The quantitative estimate of drug-likeness (QED) is 0.690. The Hall–Kier alpha value is -0.930. The first kappa shape index (κ1) is 15.0. The van der Waals surface area contributed by atoms with Crippen LogP contribution in [0, 0.1) is 0 Å². The van der Waals surface area contributed by atoms with Gasteiger partial charge in [0.05, 0.1) is 0 Å². The molecule has 2 aromatic carbocycles. The zero-order valence-corrected chi connectivity index (χ0v) is 14.4. The number of benzene rings is 2. The molecule has 0 aliphatic heterocycles. The number of anilines is 1. The Morgan fingerprint density at radius 3 is 2.43 bits per heavy atom. The van der Waals surface area contributed by atoms with Gasteiger partial charge in [0.25, 0.3) is 0 Å². The van der Waals surface area contributed by atoms with Crippen molar-refractivity contribution in [1.29, 1.82) is 0 Å². The van der Waals surface area contributed by atoms with Crippen LogP contribution in [0.4, 0.5) is 5.69 Å². The van der Waals surface area contributed by atoms with Gasteiger partial charge in [-0.25, -0.2) is 0 Å². The van der Waals surface area contributed by atoms with Gasteiger partial charge in [0.1, 0.15) is 0 Å². The summed E-state index contributed by atoms with van der Waals surface area (Å²) in [6.07, 6.45) is 5.58. The van der Waals surface area contributed by atoms with E-state index in [-0.39, 0.29) is 0 Å². The van der Waals surface area contributed by atoms with Crippen LogP contribution in [0.3, 0.4) is 0 Å². The lowest BCUT2D eigenvalue weighted by atomic mass is 10.2. The second-order valence-electron chi connectivity index (χ2n) is 5.49. The summed E-state index contributed by atoms with van der Waals surface area (Å²) in [7, 11) is 0. The molecule has 1 N–H and O–H groups in total. The smallest absolute Gasteiger partial charge is 0.0411 e. The molecule has 0 amide bonds. The summed E-state index contributed by atoms with van der Waals surface area (Å²) in [5.41, 5.74) is 2.46. The number of thioether (sulfide) groups is 1. The zero-order chi connectivity index (χ0) is 14.5. The molecule has 3 heteroatoms. The van der Waals surface area contributed by atoms with Crippen molar-refractivity contribution in [3.05, 3.63) is 58.6 Å². The maximum atomic E-state index is 3.59. The molecule has 21 heavy (non-hydrogen) atoms. The van der Waals surface area contributed by atoms with Gasteiger partial charge >= 0.3 is 0 Å². The minimum absolute atomic E-state index is 0.837. The van der Waals surface area contributed by atoms with Crippen LogP contribution in [0.2, 0.25) is 0 Å². The number of nitrogens with one attached hydrogen (secondary N) is 1. The molecule has 1 aliphatic rings. The van der Waals surface area contributed by atoms with Gasteiger partial charge in [-0.3, -0.25) is 0 Å². The Morgan fingerprint density at radius 1 is 1.00 bits per heavy atom. The van der Waals surface area contributed by atoms with Crippen LogP contribution in [-0.2, 0) is 6.54 Å². The standard InChI is InChI=1S/C18H20BrNS/c19-18-8-4-1-5-14(18)13-20-15-9-11-17(12-10-15)21-16-6-2-3-7-16/h1,4-5,8-12,16,20H,2-3,6-7,13H2. The van der Waals surface area contributed by atoms with Crippen LogP contribution in [0.1, 0.15) is 31.2 Å². The Morgan fingerprint density at radius 2 is 1.71 bits per heavy atom. The topological polar surface area (TPSA) is 12.0 Å². The van der Waals surface area contributed by atoms with Crippen molar-refractivity contribution in [1.82, 2.24) is 0 Å². The summed E-state index contributed by atoms with van der Waals surface area (Å²) in [6, 6.07) is 17.2. The number of hydrogen-bond donors (Lipinski definition) is 1. The molecule has 0 unspecified atom stereocenters. The summed E-state index contributed by atoms with van der Waals surface area (Å²) >= 11 is 5.63. The fourth-order valence-corrected chi connectivity index (χ4v) is 4.36. The molecule has 0 atom stereocenters. The molecular weight excluding hydrogens is 342 g/mol. The van der Waals surface area contributed by atoms with Crippen LogP contribution in [0.15, 0.2) is 57.9 Å². The highest BCUT2D eigenvalue weighted by Gasteiger charge is 2.15. The molecule has 1 nitrogen and oxygen atoms in total. The van der Waals surface area contributed by atoms with Crippen molar-refractivity contribution in [2.24, 2.45) is 0 Å². The molecule has 3 rings (SSSR count). The van der Waals surface area contributed by atoms with Gasteiger partial charge in [-0.2, -0.15) is 0 Å². The predicted octanol–water partition coefficient (Wildman–Crippen LogP) is 6.10. The van der Waals surface area contributed by atoms with E-state index in [1.807, 2.05) is 17.8 Å². The van der Waals surface area contributed by atoms with Crippen LogP contribution in [0.25, 0.3) is 0 Å². The van der Waals surface area contributed by atoms with E-state index in [2.05, 4.69) is 63.7 Å². The lowest BCUT2D eigenvalue weighted by Crippen LogP contribution is -2.00. The zero-order valence-electron chi connectivity index (χ0n) is 12.0. The van der Waals surface area contributed by atoms with Gasteiger partial charge in [-0.1, -0.05) is 47.0 Å². The van der Waals surface area contributed by atoms with E-state index in [9.17, 15) is 0 Å². The molecule has 2 aromatic rings. The fraction of sp³-hybridized carbons (Fsp3) is 0.333. The van der Waals surface area contributed by atoms with Crippen molar-refractivity contribution < 1.29 is 0 Å². The third kappa shape index (κ3) is 4.27. The summed E-state index contributed by atoms with van der Waals surface area (Å²) in [5, 5.41) is 4.32. The molecule has 0 bridgehead atoms. The highest BCUT2D eigenvalue weighted by Crippen LogP contribution is 2.35. The lowest BCUT2D eigenvalue weighted by molar-refractivity contribution is 0.886. The van der Waals surface area contributed by atoms with Crippen molar-refractivity contribution in [3.8, 4) is 0 Å². The molecule has 0 heterocycles. The molecule has 0 aromatic heterocycles. The van der Waals surface area contributed by atoms with E-state index in [1.165, 1.54) is 41.8 Å². The summed E-state index contributed by atoms with van der Waals surface area (Å²) in [5.74, 6) is 0. The number of halogens is 1. The normalized spacial score (nSPS) is 15.3. The van der Waals surface area contributed by atoms with Crippen molar-refractivity contribution >= 4 is 33.4 Å². The van der Waals surface area contributed by atoms with E-state index < -0.39 is 0 Å². The molecule has 1 aliphatic carbocycles. The van der Waals surface area contributed by atoms with E-state index in [1.54, 1.807) is 0 Å². The molecular formula is C18H20BrNS. The van der Waals surface area contributed by atoms with Crippen molar-refractivity contribution in [2.75, 3.05) is 5.32 Å². The first-order chi connectivity index (χ1) is 10.3. The Kier molecular flexibility index (Phi) is 5.26. The van der Waals surface area contributed by atoms with Gasteiger partial charge in [-0.05, 0) is 48.7 Å². The average molecular weight is 362 g/mol. The van der Waals surface area contributed by atoms with E-state index in [4.69, 9.17) is 0 Å². The minimum Gasteiger partial charge on any atom is -0.381 e. The maximum absolute atomic E-state index is 3.59. The average Bonchev–Trinajstić information content (AvgIpc) is 3.01. The van der Waals surface area contributed by atoms with Crippen molar-refractivity contribution in [3.63, 3.8) is 0 Å². The Labute approximate surface area is 139 Å². The maximum Gasteiger partial charge on any atom is 0.0411 e. The van der Waals surface area contributed by atoms with Crippen LogP contribution >= 0.6 is 27.7 Å². The third-order valence-corrected chi connectivity index (χ3v) is 6.02. The largest absolute Gasteiger partial charge is 0.381 e. The summed E-state index contributed by atoms with van der Waals surface area (Å²) in [6.45, 7) is 0.844. The highest BCUT2D eigenvalue weighted by atomic mass is 79.9. The second kappa shape index (κ2) is 7.37. The third-order valence-electron chi connectivity index (χ3n) is 3.90. The molecule has 0 spiro atoms. The van der Waals surface area contributed by atoms with Gasteiger partial charge in [0, 0.05) is 26.9 Å². The predicted molar refractivity (Wildman–Crippen MR) is 96.0 cm³/mol. The monoisotopic (exact) mass is 361 g/mol. The van der Waals surface area contributed by atoms with Gasteiger partial charge < -0.3 is 5.32 Å². The van der Waals surface area contributed by atoms with E-state index in [0.717, 1.165) is 16.3 Å². The molecule has 1 fully saturated rings. The lowest BCUT2D eigenvalue weighted by Gasteiger charge is -2.11. The van der Waals surface area contributed by atoms with Crippen molar-refractivity contribution in [2.45, 2.75) is 42.4 Å².